The Balaban J connectivity index is 1.89. The van der Waals surface area contributed by atoms with Gasteiger partial charge in [-0.1, -0.05) is 25.1 Å². The molecule has 0 saturated heterocycles. The third kappa shape index (κ3) is 4.29. The first-order valence-corrected chi connectivity index (χ1v) is 7.38. The maximum atomic E-state index is 13.8. The second-order valence-corrected chi connectivity index (χ2v) is 5.49. The number of nitrogens with zero attached hydrogens (tertiary/aromatic N) is 1. The van der Waals surface area contributed by atoms with Crippen molar-refractivity contribution in [1.82, 2.24) is 10.2 Å². The number of hydrogen-bond acceptors (Lipinski definition) is 2. The van der Waals surface area contributed by atoms with Crippen molar-refractivity contribution >= 4 is 0 Å². The molecule has 19 heavy (non-hydrogen) atoms. The zero-order valence-electron chi connectivity index (χ0n) is 12.0. The van der Waals surface area contributed by atoms with Gasteiger partial charge in [0.25, 0.3) is 0 Å². The van der Waals surface area contributed by atoms with Gasteiger partial charge in [-0.2, -0.15) is 0 Å². The molecule has 0 bridgehead atoms. The first-order valence-electron chi connectivity index (χ1n) is 7.38. The second-order valence-electron chi connectivity index (χ2n) is 5.49. The molecule has 0 heterocycles. The van der Waals surface area contributed by atoms with E-state index in [2.05, 4.69) is 17.1 Å². The Hall–Kier alpha value is -0.930. The van der Waals surface area contributed by atoms with Crippen LogP contribution in [0.4, 0.5) is 4.39 Å². The van der Waals surface area contributed by atoms with Gasteiger partial charge in [0, 0.05) is 18.2 Å². The van der Waals surface area contributed by atoms with Crippen LogP contribution in [0.15, 0.2) is 24.3 Å². The minimum Gasteiger partial charge on any atom is -0.313 e. The molecule has 0 amide bonds. The van der Waals surface area contributed by atoms with Crippen molar-refractivity contribution in [2.24, 2.45) is 5.92 Å². The minimum absolute atomic E-state index is 0.105. The summed E-state index contributed by atoms with van der Waals surface area (Å²) >= 11 is 0. The average molecular weight is 264 g/mol. The van der Waals surface area contributed by atoms with Crippen LogP contribution in [0, 0.1) is 11.7 Å². The number of halogens is 1. The molecule has 0 spiro atoms. The van der Waals surface area contributed by atoms with Gasteiger partial charge in [0.15, 0.2) is 0 Å². The van der Waals surface area contributed by atoms with Crippen LogP contribution in [-0.2, 0) is 0 Å². The van der Waals surface area contributed by atoms with Crippen LogP contribution in [-0.4, -0.2) is 31.6 Å². The molecule has 2 rings (SSSR count). The van der Waals surface area contributed by atoms with Crippen LogP contribution >= 0.6 is 0 Å². The van der Waals surface area contributed by atoms with Gasteiger partial charge in [-0.25, -0.2) is 4.39 Å². The van der Waals surface area contributed by atoms with Gasteiger partial charge in [-0.3, -0.25) is 0 Å². The second kappa shape index (κ2) is 7.01. The fraction of sp³-hybridized carbons (Fsp3) is 0.625. The lowest BCUT2D eigenvalue weighted by Gasteiger charge is -2.24. The fourth-order valence-electron chi connectivity index (χ4n) is 2.57. The molecule has 1 fully saturated rings. The smallest absolute Gasteiger partial charge is 0.127 e. The van der Waals surface area contributed by atoms with Crippen molar-refractivity contribution in [2.45, 2.75) is 32.2 Å². The van der Waals surface area contributed by atoms with Crippen LogP contribution in [0.1, 0.15) is 37.8 Å². The van der Waals surface area contributed by atoms with Crippen molar-refractivity contribution in [3.05, 3.63) is 35.6 Å². The molecule has 1 aromatic carbocycles. The highest BCUT2D eigenvalue weighted by molar-refractivity contribution is 5.21. The molecular formula is C16H25FN2. The van der Waals surface area contributed by atoms with Gasteiger partial charge < -0.3 is 10.2 Å². The molecule has 1 saturated carbocycles. The topological polar surface area (TPSA) is 15.3 Å². The monoisotopic (exact) mass is 264 g/mol. The summed E-state index contributed by atoms with van der Waals surface area (Å²) in [5.41, 5.74) is 0.785. The highest BCUT2D eigenvalue weighted by Gasteiger charge is 2.24. The molecule has 3 heteroatoms. The summed E-state index contributed by atoms with van der Waals surface area (Å²) in [5, 5.41) is 3.24. The maximum absolute atomic E-state index is 13.8. The molecule has 106 valence electrons. The van der Waals surface area contributed by atoms with Crippen LogP contribution < -0.4 is 5.32 Å². The highest BCUT2D eigenvalue weighted by Crippen LogP contribution is 2.30. The minimum atomic E-state index is -0.105. The number of hydrogen-bond donors (Lipinski definition) is 1. The molecule has 1 aromatic rings. The Bertz CT molecular complexity index is 390. The van der Waals surface area contributed by atoms with E-state index in [1.165, 1.54) is 19.4 Å². The van der Waals surface area contributed by atoms with Crippen LogP contribution in [0.5, 0.6) is 0 Å². The molecule has 0 aromatic heterocycles. The van der Waals surface area contributed by atoms with E-state index in [9.17, 15) is 4.39 Å². The molecule has 1 atom stereocenters. The van der Waals surface area contributed by atoms with Crippen molar-refractivity contribution in [3.63, 3.8) is 0 Å². The summed E-state index contributed by atoms with van der Waals surface area (Å²) in [7, 11) is 1.91. The summed E-state index contributed by atoms with van der Waals surface area (Å²) in [5.74, 6) is 0.813. The molecule has 1 unspecified atom stereocenters. The van der Waals surface area contributed by atoms with Crippen molar-refractivity contribution in [3.8, 4) is 0 Å². The summed E-state index contributed by atoms with van der Waals surface area (Å²) in [6.07, 6.45) is 3.73. The summed E-state index contributed by atoms with van der Waals surface area (Å²) < 4.78 is 13.8. The zero-order valence-corrected chi connectivity index (χ0v) is 12.0. The summed E-state index contributed by atoms with van der Waals surface area (Å²) in [6, 6.07) is 7.19. The molecule has 1 aliphatic carbocycles. The lowest BCUT2D eigenvalue weighted by molar-refractivity contribution is 0.260. The van der Waals surface area contributed by atoms with E-state index >= 15 is 0 Å². The largest absolute Gasteiger partial charge is 0.313 e. The Morgan fingerprint density at radius 2 is 2.11 bits per heavy atom. The zero-order chi connectivity index (χ0) is 13.7. The fourth-order valence-corrected chi connectivity index (χ4v) is 2.57. The van der Waals surface area contributed by atoms with Gasteiger partial charge in [-0.05, 0) is 51.4 Å². The van der Waals surface area contributed by atoms with E-state index in [0.29, 0.717) is 0 Å². The number of rotatable bonds is 8. The van der Waals surface area contributed by atoms with E-state index in [0.717, 1.165) is 31.0 Å². The predicted molar refractivity (Wildman–Crippen MR) is 77.7 cm³/mol. The maximum Gasteiger partial charge on any atom is 0.127 e. The van der Waals surface area contributed by atoms with E-state index in [4.69, 9.17) is 0 Å². The number of benzene rings is 1. The Kier molecular flexibility index (Phi) is 5.34. The third-order valence-electron chi connectivity index (χ3n) is 4.02. The molecule has 2 nitrogen and oxygen atoms in total. The van der Waals surface area contributed by atoms with Gasteiger partial charge in [0.05, 0.1) is 0 Å². The van der Waals surface area contributed by atoms with Crippen molar-refractivity contribution in [1.29, 1.82) is 0 Å². The Labute approximate surface area is 116 Å². The predicted octanol–water partition coefficient (Wildman–Crippen LogP) is 3.21. The van der Waals surface area contributed by atoms with Crippen molar-refractivity contribution in [2.75, 3.05) is 26.7 Å². The summed E-state index contributed by atoms with van der Waals surface area (Å²) in [6.45, 7) is 5.54. The third-order valence-corrected chi connectivity index (χ3v) is 4.02. The average Bonchev–Trinajstić information content (AvgIpc) is 3.23. The molecule has 1 aliphatic rings. The molecular weight excluding hydrogens is 239 g/mol. The van der Waals surface area contributed by atoms with Gasteiger partial charge in [0.1, 0.15) is 5.82 Å². The Morgan fingerprint density at radius 1 is 1.37 bits per heavy atom. The van der Waals surface area contributed by atoms with Crippen molar-refractivity contribution < 1.29 is 4.39 Å². The lowest BCUT2D eigenvalue weighted by atomic mass is 10.0. The molecule has 0 radical (unpaired) electrons. The van der Waals surface area contributed by atoms with E-state index < -0.39 is 0 Å². The van der Waals surface area contributed by atoms with E-state index in [-0.39, 0.29) is 11.9 Å². The van der Waals surface area contributed by atoms with E-state index in [1.807, 2.05) is 19.2 Å². The SMILES string of the molecule is CCN(CCC(NC)c1ccccc1F)CC1CC1. The van der Waals surface area contributed by atoms with Gasteiger partial charge in [0.2, 0.25) is 0 Å². The number of nitrogens with one attached hydrogen (secondary N) is 1. The van der Waals surface area contributed by atoms with Crippen LogP contribution in [0.2, 0.25) is 0 Å². The summed E-state index contributed by atoms with van der Waals surface area (Å²) in [4.78, 5) is 2.49. The first kappa shape index (κ1) is 14.5. The quantitative estimate of drug-likeness (QED) is 0.775. The highest BCUT2D eigenvalue weighted by atomic mass is 19.1. The lowest BCUT2D eigenvalue weighted by Crippen LogP contribution is -2.30. The first-order chi connectivity index (χ1) is 9.24. The van der Waals surface area contributed by atoms with Gasteiger partial charge in [-0.15, -0.1) is 0 Å². The van der Waals surface area contributed by atoms with Crippen LogP contribution in [0.3, 0.4) is 0 Å². The molecule has 1 N–H and O–H groups in total. The molecule has 0 aliphatic heterocycles. The van der Waals surface area contributed by atoms with Gasteiger partial charge >= 0.3 is 0 Å². The van der Waals surface area contributed by atoms with E-state index in [1.54, 1.807) is 12.1 Å². The Morgan fingerprint density at radius 3 is 2.68 bits per heavy atom. The standard InChI is InChI=1S/C16H25FN2/c1-3-19(12-13-8-9-13)11-10-16(18-2)14-6-4-5-7-15(14)17/h4-7,13,16,18H,3,8-12H2,1-2H3. The normalized spacial score (nSPS) is 16.8. The van der Waals surface area contributed by atoms with Crippen LogP contribution in [0.25, 0.3) is 0 Å².